The smallest absolute Gasteiger partial charge is 0.253 e. The maximum absolute atomic E-state index is 12.9. The molecule has 0 aliphatic carbocycles. The topological polar surface area (TPSA) is 83.7 Å². The van der Waals surface area contributed by atoms with Crippen LogP contribution < -0.4 is 5.73 Å². The van der Waals surface area contributed by atoms with Crippen LogP contribution >= 0.6 is 12.4 Å². The summed E-state index contributed by atoms with van der Waals surface area (Å²) in [6.45, 7) is 8.00. The van der Waals surface area contributed by atoms with E-state index in [-0.39, 0.29) is 35.2 Å². The van der Waals surface area contributed by atoms with Crippen molar-refractivity contribution in [3.63, 3.8) is 0 Å². The lowest BCUT2D eigenvalue weighted by molar-refractivity contribution is 0.0773. The van der Waals surface area contributed by atoms with Crippen LogP contribution in [0.2, 0.25) is 0 Å². The Bertz CT molecular complexity index is 688. The Labute approximate surface area is 163 Å². The van der Waals surface area contributed by atoms with E-state index in [2.05, 4.69) is 0 Å². The van der Waals surface area contributed by atoms with Crippen molar-refractivity contribution < 1.29 is 13.2 Å². The number of nitrogens with two attached hydrogens (primary N) is 1. The fourth-order valence-corrected chi connectivity index (χ4v) is 4.77. The molecule has 148 valence electrons. The lowest BCUT2D eigenvalue weighted by atomic mass is 9.93. The second kappa shape index (κ2) is 9.69. The van der Waals surface area contributed by atoms with E-state index in [9.17, 15) is 13.2 Å². The van der Waals surface area contributed by atoms with E-state index in [1.54, 1.807) is 17.0 Å². The van der Waals surface area contributed by atoms with Gasteiger partial charge in [-0.05, 0) is 63.8 Å². The summed E-state index contributed by atoms with van der Waals surface area (Å²) in [5, 5.41) is 0. The van der Waals surface area contributed by atoms with Crippen molar-refractivity contribution in [2.45, 2.75) is 44.6 Å². The summed E-state index contributed by atoms with van der Waals surface area (Å²) in [7, 11) is -3.55. The minimum atomic E-state index is -3.55. The first-order chi connectivity index (χ1) is 11.8. The minimum Gasteiger partial charge on any atom is -0.339 e. The molecule has 2 rings (SSSR count). The summed E-state index contributed by atoms with van der Waals surface area (Å²) in [4.78, 5) is 14.3. The van der Waals surface area contributed by atoms with Gasteiger partial charge in [0.05, 0.1) is 4.90 Å². The third-order valence-corrected chi connectivity index (χ3v) is 6.83. The van der Waals surface area contributed by atoms with Crippen LogP contribution in [-0.4, -0.2) is 55.8 Å². The van der Waals surface area contributed by atoms with Gasteiger partial charge in [0, 0.05) is 37.8 Å². The van der Waals surface area contributed by atoms with Crippen LogP contribution in [0.1, 0.15) is 44.0 Å². The summed E-state index contributed by atoms with van der Waals surface area (Å²) in [5.41, 5.74) is 6.46. The van der Waals surface area contributed by atoms with Crippen molar-refractivity contribution in [2.75, 3.05) is 26.2 Å². The van der Waals surface area contributed by atoms with Crippen LogP contribution in [0.3, 0.4) is 0 Å². The second-order valence-electron chi connectivity index (χ2n) is 6.63. The summed E-state index contributed by atoms with van der Waals surface area (Å²) >= 11 is 0. The van der Waals surface area contributed by atoms with E-state index in [1.807, 2.05) is 20.8 Å². The van der Waals surface area contributed by atoms with Gasteiger partial charge in [-0.3, -0.25) is 4.79 Å². The third kappa shape index (κ3) is 4.97. The molecule has 0 saturated carbocycles. The largest absolute Gasteiger partial charge is 0.339 e. The molecule has 1 aromatic carbocycles. The van der Waals surface area contributed by atoms with Gasteiger partial charge in [-0.2, -0.15) is 4.31 Å². The number of benzene rings is 1. The fraction of sp³-hybridized carbons (Fsp3) is 0.611. The molecule has 1 fully saturated rings. The maximum Gasteiger partial charge on any atom is 0.253 e. The van der Waals surface area contributed by atoms with Crippen molar-refractivity contribution in [1.29, 1.82) is 0 Å². The zero-order chi connectivity index (χ0) is 18.6. The van der Waals surface area contributed by atoms with Gasteiger partial charge in [-0.1, -0.05) is 0 Å². The molecule has 1 aliphatic heterocycles. The molecule has 1 saturated heterocycles. The molecule has 2 unspecified atom stereocenters. The summed E-state index contributed by atoms with van der Waals surface area (Å²) in [6, 6.07) is 6.23. The van der Waals surface area contributed by atoms with Crippen molar-refractivity contribution >= 4 is 28.3 Å². The van der Waals surface area contributed by atoms with E-state index in [0.717, 1.165) is 12.8 Å². The van der Waals surface area contributed by atoms with Crippen LogP contribution in [0, 0.1) is 5.92 Å². The molecule has 26 heavy (non-hydrogen) atoms. The zero-order valence-electron chi connectivity index (χ0n) is 15.7. The van der Waals surface area contributed by atoms with Crippen LogP contribution in [0.4, 0.5) is 0 Å². The summed E-state index contributed by atoms with van der Waals surface area (Å²) < 4.78 is 27.3. The van der Waals surface area contributed by atoms with Gasteiger partial charge in [0.15, 0.2) is 0 Å². The molecule has 0 aromatic heterocycles. The molecule has 2 N–H and O–H groups in total. The van der Waals surface area contributed by atoms with Crippen LogP contribution in [-0.2, 0) is 10.0 Å². The van der Waals surface area contributed by atoms with Gasteiger partial charge >= 0.3 is 0 Å². The van der Waals surface area contributed by atoms with Crippen LogP contribution in [0.25, 0.3) is 0 Å². The van der Waals surface area contributed by atoms with E-state index < -0.39 is 10.0 Å². The average molecular weight is 404 g/mol. The predicted octanol–water partition coefficient (Wildman–Crippen LogP) is 2.34. The lowest BCUT2D eigenvalue weighted by Crippen LogP contribution is -2.44. The molecule has 0 bridgehead atoms. The number of rotatable bonds is 6. The number of piperidine rings is 1. The van der Waals surface area contributed by atoms with Crippen molar-refractivity contribution in [3.8, 4) is 0 Å². The number of carbonyl (C=O) groups is 1. The molecule has 8 heteroatoms. The van der Waals surface area contributed by atoms with Gasteiger partial charge in [-0.25, -0.2) is 8.42 Å². The normalized spacial score (nSPS) is 19.5. The highest BCUT2D eigenvalue weighted by atomic mass is 35.5. The van der Waals surface area contributed by atoms with E-state index >= 15 is 0 Å². The Morgan fingerprint density at radius 2 is 1.85 bits per heavy atom. The third-order valence-electron chi connectivity index (χ3n) is 4.95. The zero-order valence-corrected chi connectivity index (χ0v) is 17.4. The first-order valence-electron chi connectivity index (χ1n) is 8.96. The molecule has 0 radical (unpaired) electrons. The van der Waals surface area contributed by atoms with Gasteiger partial charge in [0.25, 0.3) is 5.91 Å². The highest BCUT2D eigenvalue weighted by Crippen LogP contribution is 2.25. The van der Waals surface area contributed by atoms with Crippen LogP contribution in [0.15, 0.2) is 29.2 Å². The molecule has 1 aromatic rings. The Balaban J connectivity index is 0.00000338. The minimum absolute atomic E-state index is 0. The predicted molar refractivity (Wildman–Crippen MR) is 106 cm³/mol. The highest BCUT2D eigenvalue weighted by Gasteiger charge is 2.31. The van der Waals surface area contributed by atoms with Gasteiger partial charge in [0.1, 0.15) is 0 Å². The second-order valence-corrected chi connectivity index (χ2v) is 8.56. The SMILES string of the molecule is CCN(CC)C(=O)c1ccc(S(=O)(=O)N2CCCC(C(C)N)C2)cc1.Cl. The van der Waals surface area contributed by atoms with E-state index in [4.69, 9.17) is 5.73 Å². The number of sulfonamides is 1. The van der Waals surface area contributed by atoms with Crippen LogP contribution in [0.5, 0.6) is 0 Å². The standard InChI is InChI=1S/C18H29N3O3S.ClH/c1-4-20(5-2)18(22)15-8-10-17(11-9-15)25(23,24)21-12-6-7-16(13-21)14(3)19;/h8-11,14,16H,4-7,12-13,19H2,1-3H3;1H. The average Bonchev–Trinajstić information content (AvgIpc) is 2.62. The highest BCUT2D eigenvalue weighted by molar-refractivity contribution is 7.89. The first kappa shape index (κ1) is 22.9. The maximum atomic E-state index is 12.9. The Kier molecular flexibility index (Phi) is 8.53. The summed E-state index contributed by atoms with van der Waals surface area (Å²) in [6.07, 6.45) is 1.78. The number of hydrogen-bond acceptors (Lipinski definition) is 4. The Morgan fingerprint density at radius 1 is 1.27 bits per heavy atom. The van der Waals surface area contributed by atoms with Gasteiger partial charge in [-0.15, -0.1) is 12.4 Å². The monoisotopic (exact) mass is 403 g/mol. The molecule has 1 aliphatic rings. The Hall–Kier alpha value is -1.15. The van der Waals surface area contributed by atoms with E-state index in [1.165, 1.54) is 16.4 Å². The Morgan fingerprint density at radius 3 is 2.35 bits per heavy atom. The number of halogens is 1. The molecule has 1 amide bonds. The first-order valence-corrected chi connectivity index (χ1v) is 10.4. The summed E-state index contributed by atoms with van der Waals surface area (Å²) in [5.74, 6) is 0.107. The van der Waals surface area contributed by atoms with Gasteiger partial charge in [0.2, 0.25) is 10.0 Å². The van der Waals surface area contributed by atoms with Crippen molar-refractivity contribution in [1.82, 2.24) is 9.21 Å². The van der Waals surface area contributed by atoms with Crippen molar-refractivity contribution in [2.24, 2.45) is 11.7 Å². The molecule has 1 heterocycles. The molecule has 0 spiro atoms. The molecular formula is C18H30ClN3O3S. The van der Waals surface area contributed by atoms with Gasteiger partial charge < -0.3 is 10.6 Å². The fourth-order valence-electron chi connectivity index (χ4n) is 3.23. The number of carbonyl (C=O) groups excluding carboxylic acids is 1. The molecule has 2 atom stereocenters. The quantitative estimate of drug-likeness (QED) is 0.790. The number of hydrogen-bond donors (Lipinski definition) is 1. The molecular weight excluding hydrogens is 374 g/mol. The van der Waals surface area contributed by atoms with Crippen molar-refractivity contribution in [3.05, 3.63) is 29.8 Å². The lowest BCUT2D eigenvalue weighted by Gasteiger charge is -2.33. The molecule has 6 nitrogen and oxygen atoms in total. The van der Waals surface area contributed by atoms with E-state index in [0.29, 0.717) is 31.7 Å². The number of amides is 1. The number of nitrogens with zero attached hydrogens (tertiary/aromatic N) is 2.